The maximum atomic E-state index is 13.4. The maximum absolute atomic E-state index is 13.4. The number of carbonyl (C=O) groups excluding carboxylic acids is 3. The summed E-state index contributed by atoms with van der Waals surface area (Å²) in [6.45, 7) is 19.1. The predicted molar refractivity (Wildman–Crippen MR) is 254 cm³/mol. The van der Waals surface area contributed by atoms with Crippen molar-refractivity contribution < 1.29 is 34.4 Å². The van der Waals surface area contributed by atoms with E-state index in [1.165, 1.54) is 21.9 Å². The molecule has 0 aliphatic carbocycles. The molecule has 5 N–H and O–H groups in total. The lowest BCUT2D eigenvalue weighted by molar-refractivity contribution is -0.150. The second-order valence-corrected chi connectivity index (χ2v) is 17.8. The number of hydrogen-bond donors (Lipinski definition) is 4. The van der Waals surface area contributed by atoms with Crippen molar-refractivity contribution in [2.24, 2.45) is 5.41 Å². The third-order valence-electron chi connectivity index (χ3n) is 10.4. The molecule has 0 atom stereocenters. The van der Waals surface area contributed by atoms with Gasteiger partial charge in [-0.25, -0.2) is 9.69 Å². The van der Waals surface area contributed by atoms with Gasteiger partial charge in [0.1, 0.15) is 17.7 Å². The molecule has 14 nitrogen and oxygen atoms in total. The van der Waals surface area contributed by atoms with Gasteiger partial charge in [0.05, 0.1) is 66.9 Å². The van der Waals surface area contributed by atoms with Gasteiger partial charge in [0, 0.05) is 26.4 Å². The first-order valence-corrected chi connectivity index (χ1v) is 21.0. The van der Waals surface area contributed by atoms with Crippen LogP contribution in [0.25, 0.3) is 9.69 Å². The van der Waals surface area contributed by atoms with Crippen molar-refractivity contribution in [3.8, 4) is 0 Å². The van der Waals surface area contributed by atoms with Gasteiger partial charge in [-0.15, -0.1) is 0 Å². The molecule has 63 heavy (non-hydrogen) atoms. The molecule has 2 fully saturated rings. The Morgan fingerprint density at radius 1 is 0.683 bits per heavy atom. The van der Waals surface area contributed by atoms with Gasteiger partial charge in [-0.3, -0.25) is 24.2 Å². The second kappa shape index (κ2) is 19.3. The minimum Gasteiger partial charge on any atom is -0.465 e. The first kappa shape index (κ1) is 48.9. The first-order chi connectivity index (χ1) is 29.6. The average molecular weight is 972 g/mol. The lowest BCUT2D eigenvalue weighted by Gasteiger charge is -2.30. The van der Waals surface area contributed by atoms with Crippen molar-refractivity contribution in [1.29, 1.82) is 0 Å². The van der Waals surface area contributed by atoms with E-state index < -0.39 is 42.3 Å². The molecule has 4 aromatic rings. The zero-order valence-electron chi connectivity index (χ0n) is 34.0. The van der Waals surface area contributed by atoms with Crippen LogP contribution < -0.4 is 25.3 Å². The summed E-state index contributed by atoms with van der Waals surface area (Å²) >= 11 is 35.9. The molecule has 20 heteroatoms. The van der Waals surface area contributed by atoms with E-state index in [2.05, 4.69) is 9.69 Å². The zero-order valence-corrected chi connectivity index (χ0v) is 38.7. The van der Waals surface area contributed by atoms with Crippen LogP contribution in [-0.4, -0.2) is 80.8 Å². The molecule has 2 heterocycles. The molecule has 4 aromatic carbocycles. The highest BCUT2D eigenvalue weighted by atomic mass is 35.5. The van der Waals surface area contributed by atoms with E-state index in [9.17, 15) is 29.7 Å². The Kier molecular flexibility index (Phi) is 15.0. The van der Waals surface area contributed by atoms with Crippen LogP contribution in [0.2, 0.25) is 20.1 Å². The van der Waals surface area contributed by atoms with Crippen molar-refractivity contribution in [1.82, 2.24) is 0 Å². The molecular weight excluding hydrogens is 932 g/mol. The topological polar surface area (TPSA) is 169 Å². The summed E-state index contributed by atoms with van der Waals surface area (Å²) in [4.78, 5) is 51.8. The molecule has 0 bridgehead atoms. The highest BCUT2D eigenvalue weighted by Gasteiger charge is 2.51. The Morgan fingerprint density at radius 3 is 1.49 bits per heavy atom. The molecule has 2 saturated heterocycles. The lowest BCUT2D eigenvalue weighted by atomic mass is 9.92. The fourth-order valence-electron chi connectivity index (χ4n) is 6.60. The number of esters is 1. The van der Waals surface area contributed by atoms with Crippen molar-refractivity contribution in [3.63, 3.8) is 0 Å². The summed E-state index contributed by atoms with van der Waals surface area (Å²) in [6, 6.07) is 19.4. The number of benzene rings is 4. The normalized spacial score (nSPS) is 15.6. The Morgan fingerprint density at radius 2 is 1.10 bits per heavy atom. The molecule has 0 unspecified atom stereocenters. The summed E-state index contributed by atoms with van der Waals surface area (Å²) in [7, 11) is 0. The molecule has 328 valence electrons. The molecule has 2 amide bonds. The number of nitrogens with two attached hydrogens (primary N) is 1. The molecular formula is C43H39Cl4N7O7S2. The molecule has 0 saturated carbocycles. The summed E-state index contributed by atoms with van der Waals surface area (Å²) in [5, 5.41) is 29.9. The van der Waals surface area contributed by atoms with Crippen LogP contribution in [0.1, 0.15) is 33.3 Å². The molecule has 2 aliphatic heterocycles. The van der Waals surface area contributed by atoms with Crippen molar-refractivity contribution in [2.75, 3.05) is 51.8 Å². The van der Waals surface area contributed by atoms with E-state index in [-0.39, 0.29) is 50.7 Å². The van der Waals surface area contributed by atoms with E-state index >= 15 is 0 Å². The number of aliphatic hydroxyl groups excluding tert-OH is 3. The van der Waals surface area contributed by atoms with Gasteiger partial charge in [-0.1, -0.05) is 58.5 Å². The number of ether oxygens (including phenoxy) is 1. The number of amides is 2. The highest BCUT2D eigenvalue weighted by Crippen LogP contribution is 2.41. The SMILES string of the molecule is [C-]#[N+]c1ccc(N2C(=O)C(C)(C)N(c3ccc(Cl)c(CC(=O)OCC(CO)(CO)CO)c3)C2=S)cc1Cl.[C-]#[N+]c1ccc(N2C(=O)C(C)(C)N(c3ccc(Cl)c(N)c3)C2=S)cc1Cl. The Balaban J connectivity index is 0.000000252. The van der Waals surface area contributed by atoms with Crippen LogP contribution in [-0.2, 0) is 25.5 Å². The van der Waals surface area contributed by atoms with E-state index in [0.717, 1.165) is 0 Å². The summed E-state index contributed by atoms with van der Waals surface area (Å²) in [5.74, 6) is -1.20. The number of hydrogen-bond acceptors (Lipinski definition) is 10. The highest BCUT2D eigenvalue weighted by molar-refractivity contribution is 7.81. The standard InChI is InChI=1S/C25H25Cl2N3O6S.C18H14Cl2N4OS/c1-24(2)22(35)29(16-5-7-20(28-3)19(27)10-16)23(37)30(24)17-4-6-18(26)15(8-17)9-21(34)36-14-25(11-31,12-32)13-33;1-18(2)16(25)23(10-5-7-15(22-3)13(20)8-10)17(26)24(18)11-4-6-12(19)14(21)9-11/h4-8,10,31-33H,9,11-14H2,1-2H3;4-9H,21H2,1-2H3. The Labute approximate surface area is 394 Å². The smallest absolute Gasteiger partial charge is 0.310 e. The molecule has 0 spiro atoms. The van der Waals surface area contributed by atoms with Crippen LogP contribution in [0.5, 0.6) is 0 Å². The largest absolute Gasteiger partial charge is 0.465 e. The minimum absolute atomic E-state index is 0.177. The average Bonchev–Trinajstić information content (AvgIpc) is 3.54. The van der Waals surface area contributed by atoms with Crippen LogP contribution in [0.4, 0.5) is 39.8 Å². The predicted octanol–water partition coefficient (Wildman–Crippen LogP) is 8.55. The number of rotatable bonds is 11. The van der Waals surface area contributed by atoms with Gasteiger partial charge >= 0.3 is 5.97 Å². The number of anilines is 5. The minimum atomic E-state index is -1.35. The van der Waals surface area contributed by atoms with E-state index in [4.69, 9.17) is 94.5 Å². The van der Waals surface area contributed by atoms with Gasteiger partial charge in [0.25, 0.3) is 11.8 Å². The quantitative estimate of drug-likeness (QED) is 0.0490. The zero-order chi connectivity index (χ0) is 46.8. The van der Waals surface area contributed by atoms with Crippen molar-refractivity contribution in [3.05, 3.63) is 121 Å². The fourth-order valence-corrected chi connectivity index (χ4v) is 8.38. The van der Waals surface area contributed by atoms with Gasteiger partial charge in [-0.2, -0.15) is 0 Å². The van der Waals surface area contributed by atoms with Gasteiger partial charge in [-0.05, 0) is 118 Å². The molecule has 0 radical (unpaired) electrons. The Bertz CT molecular complexity index is 2600. The maximum Gasteiger partial charge on any atom is 0.310 e. The third-order valence-corrected chi connectivity index (χ3v) is 12.4. The molecule has 2 aliphatic rings. The number of nitrogen functional groups attached to an aromatic ring is 1. The van der Waals surface area contributed by atoms with Crippen molar-refractivity contribution >= 4 is 139 Å². The van der Waals surface area contributed by atoms with Crippen molar-refractivity contribution in [2.45, 2.75) is 45.2 Å². The summed E-state index contributed by atoms with van der Waals surface area (Å²) in [5.41, 5.74) is 6.00. The summed E-state index contributed by atoms with van der Waals surface area (Å²) < 4.78 is 5.18. The monoisotopic (exact) mass is 969 g/mol. The van der Waals surface area contributed by atoms with Crippen LogP contribution in [0.3, 0.4) is 0 Å². The fraction of sp³-hybridized carbons (Fsp3) is 0.279. The first-order valence-electron chi connectivity index (χ1n) is 18.7. The number of halogens is 4. The molecule has 0 aromatic heterocycles. The number of thiocarbonyl (C=S) groups is 2. The third kappa shape index (κ3) is 9.56. The van der Waals surface area contributed by atoms with E-state index in [0.29, 0.717) is 49.8 Å². The number of nitrogens with zero attached hydrogens (tertiary/aromatic N) is 6. The number of carbonyl (C=O) groups is 3. The second-order valence-electron chi connectivity index (χ2n) is 15.4. The molecule has 6 rings (SSSR count). The van der Waals surface area contributed by atoms with E-state index in [1.54, 1.807) is 98.2 Å². The van der Waals surface area contributed by atoms with Crippen LogP contribution in [0, 0.1) is 18.6 Å². The van der Waals surface area contributed by atoms with Crippen LogP contribution >= 0.6 is 70.8 Å². The lowest BCUT2D eigenvalue weighted by Crippen LogP contribution is -2.44. The van der Waals surface area contributed by atoms with Gasteiger partial charge < -0.3 is 35.6 Å². The Hall–Kier alpha value is -5.11. The van der Waals surface area contributed by atoms with Gasteiger partial charge in [0.15, 0.2) is 10.2 Å². The summed E-state index contributed by atoms with van der Waals surface area (Å²) in [6.07, 6.45) is -0.239. The number of aliphatic hydroxyl groups is 3. The van der Waals surface area contributed by atoms with Gasteiger partial charge in [0.2, 0.25) is 11.4 Å². The van der Waals surface area contributed by atoms with E-state index in [1.807, 2.05) is 0 Å². The van der Waals surface area contributed by atoms with Crippen LogP contribution in [0.15, 0.2) is 72.8 Å².